The molecule has 0 fully saturated rings. The second kappa shape index (κ2) is 29.4. The van der Waals surface area contributed by atoms with Gasteiger partial charge in [-0.3, -0.25) is 0 Å². The fourth-order valence-corrected chi connectivity index (χ4v) is 0.659. The van der Waals surface area contributed by atoms with Gasteiger partial charge in [-0.25, -0.2) is 0 Å². The summed E-state index contributed by atoms with van der Waals surface area (Å²) in [6.45, 7) is 0.757. The molecule has 0 amide bonds. The average molecular weight is 276 g/mol. The van der Waals surface area contributed by atoms with Gasteiger partial charge in [0.1, 0.15) is 0 Å². The van der Waals surface area contributed by atoms with E-state index >= 15 is 0 Å². The number of hydrogen-bond donors (Lipinski definition) is 6. The SMILES string of the molecule is OCCCCS.OCCCS.OCCS. The van der Waals surface area contributed by atoms with Gasteiger partial charge in [-0.1, -0.05) is 0 Å². The third kappa shape index (κ3) is 52.0. The molecular weight excluding hydrogens is 252 g/mol. The van der Waals surface area contributed by atoms with Crippen molar-refractivity contribution in [2.75, 3.05) is 37.1 Å². The predicted molar refractivity (Wildman–Crippen MR) is 76.7 cm³/mol. The Morgan fingerprint density at radius 3 is 1.00 bits per heavy atom. The zero-order valence-electron chi connectivity index (χ0n) is 9.05. The van der Waals surface area contributed by atoms with Crippen molar-refractivity contribution in [2.24, 2.45) is 0 Å². The Hall–Kier alpha value is 0.930. The van der Waals surface area contributed by atoms with Crippen molar-refractivity contribution < 1.29 is 15.3 Å². The van der Waals surface area contributed by atoms with Crippen LogP contribution in [0.25, 0.3) is 0 Å². The molecule has 0 saturated heterocycles. The van der Waals surface area contributed by atoms with E-state index in [1.54, 1.807) is 0 Å². The molecule has 0 bridgehead atoms. The highest BCUT2D eigenvalue weighted by molar-refractivity contribution is 7.80. The average Bonchev–Trinajstić information content (AvgIpc) is 2.28. The smallest absolute Gasteiger partial charge is 0.0519 e. The molecule has 6 heteroatoms. The molecule has 96 valence electrons. The molecule has 0 heterocycles. The third-order valence-electron chi connectivity index (χ3n) is 0.982. The van der Waals surface area contributed by atoms with Crippen molar-refractivity contribution in [1.82, 2.24) is 0 Å². The Kier molecular flexibility index (Phi) is 41.6. The zero-order valence-corrected chi connectivity index (χ0v) is 11.7. The van der Waals surface area contributed by atoms with E-state index in [1.165, 1.54) is 0 Å². The summed E-state index contributed by atoms with van der Waals surface area (Å²) < 4.78 is 0. The highest BCUT2D eigenvalue weighted by Crippen LogP contribution is 1.87. The van der Waals surface area contributed by atoms with Crippen LogP contribution < -0.4 is 0 Å². The number of rotatable bonds is 6. The number of thiol groups is 3. The van der Waals surface area contributed by atoms with Gasteiger partial charge < -0.3 is 15.3 Å². The van der Waals surface area contributed by atoms with Gasteiger partial charge >= 0.3 is 0 Å². The Labute approximate surface area is 110 Å². The van der Waals surface area contributed by atoms with Gasteiger partial charge in [-0.2, -0.15) is 37.9 Å². The van der Waals surface area contributed by atoms with Crippen molar-refractivity contribution >= 4 is 37.9 Å². The molecule has 3 N–H and O–H groups in total. The number of aliphatic hydroxyl groups excluding tert-OH is 3. The summed E-state index contributed by atoms with van der Waals surface area (Å²) in [7, 11) is 0. The Balaban J connectivity index is -0.000000147. The van der Waals surface area contributed by atoms with Gasteiger partial charge in [0, 0.05) is 19.0 Å². The minimum Gasteiger partial charge on any atom is -0.396 e. The maximum Gasteiger partial charge on any atom is 0.0519 e. The van der Waals surface area contributed by atoms with E-state index in [0.717, 1.165) is 30.8 Å². The Bertz CT molecular complexity index is 69.6. The van der Waals surface area contributed by atoms with Gasteiger partial charge in [0.25, 0.3) is 0 Å². The van der Waals surface area contributed by atoms with E-state index < -0.39 is 0 Å². The van der Waals surface area contributed by atoms with Crippen molar-refractivity contribution in [2.45, 2.75) is 19.3 Å². The van der Waals surface area contributed by atoms with Crippen molar-refractivity contribution in [3.63, 3.8) is 0 Å². The number of unbranched alkanes of at least 4 members (excludes halogenated alkanes) is 1. The van der Waals surface area contributed by atoms with Crippen molar-refractivity contribution in [1.29, 1.82) is 0 Å². The molecule has 0 rings (SSSR count). The molecule has 0 aromatic rings. The van der Waals surface area contributed by atoms with Crippen LogP contribution in [0.5, 0.6) is 0 Å². The monoisotopic (exact) mass is 276 g/mol. The molecule has 0 saturated carbocycles. The molecule has 0 unspecified atom stereocenters. The second-order valence-corrected chi connectivity index (χ2v) is 3.74. The molecule has 0 atom stereocenters. The predicted octanol–water partition coefficient (Wildman–Crippen LogP) is 0.896. The highest BCUT2D eigenvalue weighted by atomic mass is 32.1. The standard InChI is InChI=1S/C4H10OS.C3H8OS.C2H6OS/c5-3-1-2-4-6;4-2-1-3-5;3-1-2-4/h5-6H,1-4H2;4-5H,1-3H2;3-4H,1-2H2. The van der Waals surface area contributed by atoms with Crippen LogP contribution in [0, 0.1) is 0 Å². The van der Waals surface area contributed by atoms with Crippen LogP contribution in [-0.4, -0.2) is 52.4 Å². The molecule has 3 nitrogen and oxygen atoms in total. The summed E-state index contributed by atoms with van der Waals surface area (Å²) in [5, 5.41) is 24.0. The number of aliphatic hydroxyl groups is 3. The molecule has 0 aliphatic rings. The lowest BCUT2D eigenvalue weighted by atomic mass is 10.4. The van der Waals surface area contributed by atoms with E-state index in [0.29, 0.717) is 12.4 Å². The lowest BCUT2D eigenvalue weighted by Gasteiger charge is -1.85. The largest absolute Gasteiger partial charge is 0.396 e. The first-order valence-corrected chi connectivity index (χ1v) is 6.79. The van der Waals surface area contributed by atoms with E-state index in [2.05, 4.69) is 37.9 Å². The molecule has 0 aliphatic carbocycles. The maximum absolute atomic E-state index is 8.16. The summed E-state index contributed by atoms with van der Waals surface area (Å²) in [4.78, 5) is 0. The molecule has 0 radical (unpaired) electrons. The quantitative estimate of drug-likeness (QED) is 0.323. The maximum atomic E-state index is 8.16. The molecular formula is C9H24O3S3. The first-order chi connectivity index (χ1) is 7.24. The zero-order chi connectivity index (χ0) is 12.4. The van der Waals surface area contributed by atoms with Crippen LogP contribution in [0.15, 0.2) is 0 Å². The molecule has 15 heavy (non-hydrogen) atoms. The summed E-state index contributed by atoms with van der Waals surface area (Å²) in [6, 6.07) is 0. The van der Waals surface area contributed by atoms with E-state index in [9.17, 15) is 0 Å². The summed E-state index contributed by atoms with van der Waals surface area (Å²) in [5.74, 6) is 2.25. The Morgan fingerprint density at radius 2 is 0.933 bits per heavy atom. The fraction of sp³-hybridized carbons (Fsp3) is 1.00. The van der Waals surface area contributed by atoms with Gasteiger partial charge in [-0.05, 0) is 30.8 Å². The summed E-state index contributed by atoms with van der Waals surface area (Å²) in [6.07, 6.45) is 2.73. The topological polar surface area (TPSA) is 60.7 Å². The van der Waals surface area contributed by atoms with Crippen LogP contribution in [-0.2, 0) is 0 Å². The lowest BCUT2D eigenvalue weighted by Crippen LogP contribution is -1.81. The molecule has 0 aromatic carbocycles. The highest BCUT2D eigenvalue weighted by Gasteiger charge is 1.76. The first kappa shape index (κ1) is 21.2. The van der Waals surface area contributed by atoms with Gasteiger partial charge in [-0.15, -0.1) is 0 Å². The molecule has 0 aromatic heterocycles. The summed E-state index contributed by atoms with van der Waals surface area (Å²) in [5.41, 5.74) is 0. The minimum atomic E-state index is 0.184. The van der Waals surface area contributed by atoms with Crippen molar-refractivity contribution in [3.8, 4) is 0 Å². The van der Waals surface area contributed by atoms with Crippen LogP contribution in [0.1, 0.15) is 19.3 Å². The van der Waals surface area contributed by atoms with Crippen LogP contribution in [0.3, 0.4) is 0 Å². The van der Waals surface area contributed by atoms with E-state index in [1.807, 2.05) is 0 Å². The second-order valence-electron chi connectivity index (χ2n) is 2.40. The Morgan fingerprint density at radius 1 is 0.533 bits per heavy atom. The molecule has 0 aliphatic heterocycles. The van der Waals surface area contributed by atoms with Crippen LogP contribution in [0.2, 0.25) is 0 Å². The van der Waals surface area contributed by atoms with Crippen LogP contribution in [0.4, 0.5) is 0 Å². The van der Waals surface area contributed by atoms with Gasteiger partial charge in [0.05, 0.1) is 6.61 Å². The van der Waals surface area contributed by atoms with Crippen molar-refractivity contribution in [3.05, 3.63) is 0 Å². The number of hydrogen-bond acceptors (Lipinski definition) is 6. The summed E-state index contributed by atoms with van der Waals surface area (Å²) >= 11 is 11.5. The van der Waals surface area contributed by atoms with Gasteiger partial charge in [0.15, 0.2) is 0 Å². The normalized spacial score (nSPS) is 8.40. The molecule has 0 spiro atoms. The minimum absolute atomic E-state index is 0.184. The fourth-order valence-electron chi connectivity index (χ4n) is 0.294. The lowest BCUT2D eigenvalue weighted by molar-refractivity contribution is 0.287. The van der Waals surface area contributed by atoms with Gasteiger partial charge in [0.2, 0.25) is 0 Å². The van der Waals surface area contributed by atoms with Crippen LogP contribution >= 0.6 is 37.9 Å². The first-order valence-electron chi connectivity index (χ1n) is 4.90. The third-order valence-corrected chi connectivity index (χ3v) is 1.81. The van der Waals surface area contributed by atoms with E-state index in [-0.39, 0.29) is 13.2 Å². The van der Waals surface area contributed by atoms with E-state index in [4.69, 9.17) is 15.3 Å².